The molecule has 1 N–H and O–H groups in total. The Labute approximate surface area is 196 Å². The van der Waals surface area contributed by atoms with Crippen molar-refractivity contribution in [1.82, 2.24) is 9.62 Å². The monoisotopic (exact) mass is 483 g/mol. The molecule has 4 nitrogen and oxygen atoms in total. The van der Waals surface area contributed by atoms with Crippen LogP contribution in [0.25, 0.3) is 0 Å². The fourth-order valence-corrected chi connectivity index (χ4v) is 4.66. The quantitative estimate of drug-likeness (QED) is 0.392. The molecule has 1 unspecified atom stereocenters. The van der Waals surface area contributed by atoms with Crippen molar-refractivity contribution >= 4 is 23.5 Å². The van der Waals surface area contributed by atoms with E-state index in [2.05, 4.69) is 10.2 Å². The molecular formula is C24H29F4N3OS. The summed E-state index contributed by atoms with van der Waals surface area (Å²) >= 11 is 1.41. The molecule has 33 heavy (non-hydrogen) atoms. The normalized spacial score (nSPS) is 17.0. The number of carbonyl (C=O) groups is 1. The molecule has 1 aliphatic heterocycles. The molecule has 0 aliphatic carbocycles. The molecule has 0 radical (unpaired) electrons. The Hall–Kier alpha value is -2.26. The lowest BCUT2D eigenvalue weighted by molar-refractivity contribution is -0.137. The van der Waals surface area contributed by atoms with E-state index in [1.807, 2.05) is 18.2 Å². The lowest BCUT2D eigenvalue weighted by atomic mass is 9.97. The highest BCUT2D eigenvalue weighted by atomic mass is 32.2. The summed E-state index contributed by atoms with van der Waals surface area (Å²) < 4.78 is 53.5. The van der Waals surface area contributed by atoms with E-state index in [0.29, 0.717) is 13.1 Å². The van der Waals surface area contributed by atoms with Gasteiger partial charge < -0.3 is 10.2 Å². The highest BCUT2D eigenvalue weighted by Gasteiger charge is 2.30. The number of piperidine rings is 1. The van der Waals surface area contributed by atoms with Crippen molar-refractivity contribution in [3.05, 3.63) is 59.9 Å². The third-order valence-corrected chi connectivity index (χ3v) is 6.85. The lowest BCUT2D eigenvalue weighted by Crippen LogP contribution is -2.43. The Kier molecular flexibility index (Phi) is 8.64. The SMILES string of the molecule is CC(C)N(CC(=O)NCC1CCCN(c2ccc(C(F)(F)F)cc2)C1)Sc1ccc(F)cc1. The van der Waals surface area contributed by atoms with E-state index in [4.69, 9.17) is 0 Å². The van der Waals surface area contributed by atoms with E-state index < -0.39 is 11.7 Å². The van der Waals surface area contributed by atoms with E-state index in [0.717, 1.165) is 42.1 Å². The van der Waals surface area contributed by atoms with Gasteiger partial charge in [0.15, 0.2) is 0 Å². The van der Waals surface area contributed by atoms with Crippen LogP contribution in [0.15, 0.2) is 53.4 Å². The minimum absolute atomic E-state index is 0.0926. The first-order valence-corrected chi connectivity index (χ1v) is 11.8. The average molecular weight is 484 g/mol. The number of alkyl halides is 3. The van der Waals surface area contributed by atoms with Gasteiger partial charge in [-0.05, 0) is 93.1 Å². The molecule has 0 saturated carbocycles. The van der Waals surface area contributed by atoms with Crippen molar-refractivity contribution in [2.24, 2.45) is 5.92 Å². The molecular weight excluding hydrogens is 454 g/mol. The summed E-state index contributed by atoms with van der Waals surface area (Å²) in [5.41, 5.74) is 0.112. The van der Waals surface area contributed by atoms with Crippen LogP contribution in [0.1, 0.15) is 32.3 Å². The minimum atomic E-state index is -4.34. The van der Waals surface area contributed by atoms with Gasteiger partial charge in [0.2, 0.25) is 5.91 Å². The second-order valence-corrected chi connectivity index (χ2v) is 9.64. The predicted molar refractivity (Wildman–Crippen MR) is 123 cm³/mol. The molecule has 2 aromatic carbocycles. The van der Waals surface area contributed by atoms with E-state index >= 15 is 0 Å². The molecule has 1 fully saturated rings. The molecule has 1 saturated heterocycles. The largest absolute Gasteiger partial charge is 0.416 e. The molecule has 0 bridgehead atoms. The Morgan fingerprint density at radius 1 is 1.15 bits per heavy atom. The molecule has 1 aliphatic rings. The fourth-order valence-electron chi connectivity index (χ4n) is 3.73. The maximum Gasteiger partial charge on any atom is 0.416 e. The summed E-state index contributed by atoms with van der Waals surface area (Å²) in [4.78, 5) is 15.5. The van der Waals surface area contributed by atoms with Crippen molar-refractivity contribution in [3.8, 4) is 0 Å². The van der Waals surface area contributed by atoms with Gasteiger partial charge in [0.05, 0.1) is 12.1 Å². The highest BCUT2D eigenvalue weighted by molar-refractivity contribution is 7.97. The molecule has 2 aromatic rings. The zero-order valence-corrected chi connectivity index (χ0v) is 19.6. The molecule has 1 amide bonds. The predicted octanol–water partition coefficient (Wildman–Crippen LogP) is 5.59. The van der Waals surface area contributed by atoms with Crippen LogP contribution in [0.5, 0.6) is 0 Å². The van der Waals surface area contributed by atoms with Gasteiger partial charge in [0.1, 0.15) is 5.82 Å². The highest BCUT2D eigenvalue weighted by Crippen LogP contribution is 2.31. The summed E-state index contributed by atoms with van der Waals surface area (Å²) in [6.45, 7) is 6.17. The zero-order valence-electron chi connectivity index (χ0n) is 18.7. The van der Waals surface area contributed by atoms with Gasteiger partial charge >= 0.3 is 6.18 Å². The van der Waals surface area contributed by atoms with Crippen LogP contribution < -0.4 is 10.2 Å². The van der Waals surface area contributed by atoms with Gasteiger partial charge in [-0.1, -0.05) is 0 Å². The van der Waals surface area contributed by atoms with Gasteiger partial charge in [0.25, 0.3) is 0 Å². The van der Waals surface area contributed by atoms with Crippen molar-refractivity contribution < 1.29 is 22.4 Å². The van der Waals surface area contributed by atoms with E-state index in [-0.39, 0.29) is 30.2 Å². The van der Waals surface area contributed by atoms with Gasteiger partial charge in [-0.25, -0.2) is 8.70 Å². The number of nitrogens with one attached hydrogen (secondary N) is 1. The number of benzene rings is 2. The number of halogens is 4. The van der Waals surface area contributed by atoms with Crippen LogP contribution in [0.3, 0.4) is 0 Å². The molecule has 1 atom stereocenters. The Morgan fingerprint density at radius 3 is 2.42 bits per heavy atom. The standard InChI is InChI=1S/C24H29F4N3OS/c1-17(2)31(33-22-11-7-20(25)8-12-22)16-23(32)29-14-18-4-3-13-30(15-18)21-9-5-19(6-10-21)24(26,27)28/h5-12,17-18H,3-4,13-16H2,1-2H3,(H,29,32). The third kappa shape index (κ3) is 7.64. The van der Waals surface area contributed by atoms with Crippen molar-refractivity contribution in [1.29, 1.82) is 0 Å². The number of hydrogen-bond donors (Lipinski definition) is 1. The molecule has 0 aromatic heterocycles. The minimum Gasteiger partial charge on any atom is -0.371 e. The van der Waals surface area contributed by atoms with Crippen LogP contribution >= 0.6 is 11.9 Å². The molecule has 180 valence electrons. The number of rotatable bonds is 8. The summed E-state index contributed by atoms with van der Waals surface area (Å²) in [5.74, 6) is -0.168. The molecule has 3 rings (SSSR count). The first-order valence-electron chi connectivity index (χ1n) is 11.0. The van der Waals surface area contributed by atoms with E-state index in [1.165, 1.54) is 36.2 Å². The van der Waals surface area contributed by atoms with Gasteiger partial charge in [0, 0.05) is 36.3 Å². The summed E-state index contributed by atoms with van der Waals surface area (Å²) in [6, 6.07) is 11.5. The Morgan fingerprint density at radius 2 is 1.82 bits per heavy atom. The zero-order chi connectivity index (χ0) is 24.0. The third-order valence-electron chi connectivity index (χ3n) is 5.58. The van der Waals surface area contributed by atoms with Crippen LogP contribution in [0, 0.1) is 11.7 Å². The van der Waals surface area contributed by atoms with Crippen LogP contribution in [0.2, 0.25) is 0 Å². The topological polar surface area (TPSA) is 35.6 Å². The maximum absolute atomic E-state index is 13.1. The van der Waals surface area contributed by atoms with Gasteiger partial charge in [-0.15, -0.1) is 0 Å². The van der Waals surface area contributed by atoms with Crippen molar-refractivity contribution in [3.63, 3.8) is 0 Å². The van der Waals surface area contributed by atoms with Gasteiger partial charge in [-0.2, -0.15) is 13.2 Å². The first kappa shape index (κ1) is 25.4. The smallest absolute Gasteiger partial charge is 0.371 e. The Balaban J connectivity index is 1.50. The number of nitrogens with zero attached hydrogens (tertiary/aromatic N) is 2. The number of anilines is 1. The first-order chi connectivity index (χ1) is 15.6. The second kappa shape index (κ2) is 11.2. The maximum atomic E-state index is 13.1. The Bertz CT molecular complexity index is 903. The van der Waals surface area contributed by atoms with E-state index in [9.17, 15) is 22.4 Å². The summed E-state index contributed by atoms with van der Waals surface area (Å²) in [6.07, 6.45) is -2.47. The average Bonchev–Trinajstić information content (AvgIpc) is 2.78. The summed E-state index contributed by atoms with van der Waals surface area (Å²) in [5, 5.41) is 3.00. The lowest BCUT2D eigenvalue weighted by Gasteiger charge is -2.35. The molecule has 9 heteroatoms. The molecule has 1 heterocycles. The number of amides is 1. The van der Waals surface area contributed by atoms with Crippen LogP contribution in [0.4, 0.5) is 23.2 Å². The van der Waals surface area contributed by atoms with Crippen molar-refractivity contribution in [2.75, 3.05) is 31.1 Å². The summed E-state index contributed by atoms with van der Waals surface area (Å²) in [7, 11) is 0. The van der Waals surface area contributed by atoms with Crippen LogP contribution in [-0.4, -0.2) is 42.4 Å². The number of hydrogen-bond acceptors (Lipinski definition) is 4. The van der Waals surface area contributed by atoms with Crippen LogP contribution in [-0.2, 0) is 11.0 Å². The number of carbonyl (C=O) groups excluding carboxylic acids is 1. The second-order valence-electron chi connectivity index (χ2n) is 8.52. The van der Waals surface area contributed by atoms with Crippen molar-refractivity contribution in [2.45, 2.75) is 43.8 Å². The molecule has 0 spiro atoms. The van der Waals surface area contributed by atoms with Gasteiger partial charge in [-0.3, -0.25) is 4.79 Å². The van der Waals surface area contributed by atoms with E-state index in [1.54, 1.807) is 12.1 Å². The fraction of sp³-hybridized carbons (Fsp3) is 0.458.